The molecule has 2 aliphatic rings. The maximum atomic E-state index is 13.2. The average Bonchev–Trinajstić information content (AvgIpc) is 3.44. The number of rotatable bonds is 5. The number of aliphatic hydroxyl groups is 1. The van der Waals surface area contributed by atoms with Gasteiger partial charge >= 0.3 is 6.03 Å². The highest BCUT2D eigenvalue weighted by atomic mass is 32.1. The number of aliphatic hydroxyl groups excluding tert-OH is 1. The molecule has 9 nitrogen and oxygen atoms in total. The summed E-state index contributed by atoms with van der Waals surface area (Å²) in [6.45, 7) is 0.914. The van der Waals surface area contributed by atoms with E-state index in [0.717, 1.165) is 5.75 Å². The molecule has 1 fully saturated rings. The first-order chi connectivity index (χ1) is 17.1. The van der Waals surface area contributed by atoms with E-state index in [-0.39, 0.29) is 18.0 Å². The quantitative estimate of drug-likeness (QED) is 0.340. The fraction of sp³-hybridized carbons (Fsp3) is 0.160. The molecule has 2 aliphatic heterocycles. The van der Waals surface area contributed by atoms with Crippen LogP contribution in [0.25, 0.3) is 10.2 Å². The summed E-state index contributed by atoms with van der Waals surface area (Å²) in [7, 11) is 0. The number of aromatic nitrogens is 1. The van der Waals surface area contributed by atoms with Gasteiger partial charge in [0.2, 0.25) is 0 Å². The number of ether oxygens (including phenoxy) is 1. The highest BCUT2D eigenvalue weighted by molar-refractivity contribution is 7.21. The summed E-state index contributed by atoms with van der Waals surface area (Å²) in [5.74, 6) is 1.02. The Morgan fingerprint density at radius 3 is 2.60 bits per heavy atom. The Morgan fingerprint density at radius 2 is 1.86 bits per heavy atom. The minimum atomic E-state index is -0.655. The van der Waals surface area contributed by atoms with Crippen LogP contribution in [-0.4, -0.2) is 47.3 Å². The highest BCUT2D eigenvalue weighted by Crippen LogP contribution is 2.45. The van der Waals surface area contributed by atoms with Crippen LogP contribution in [0.4, 0.5) is 21.9 Å². The lowest BCUT2D eigenvalue weighted by molar-refractivity contribution is 0.0893. The number of nitrogens with zero attached hydrogens (tertiary/aromatic N) is 2. The molecule has 1 unspecified atom stereocenters. The van der Waals surface area contributed by atoms with Gasteiger partial charge in [-0.25, -0.2) is 9.78 Å². The molecule has 0 radical (unpaired) electrons. The molecule has 3 amide bonds. The smallest absolute Gasteiger partial charge is 0.331 e. The van der Waals surface area contributed by atoms with E-state index in [1.54, 1.807) is 29.3 Å². The molecule has 2 aromatic carbocycles. The van der Waals surface area contributed by atoms with E-state index in [9.17, 15) is 14.7 Å². The zero-order valence-corrected chi connectivity index (χ0v) is 19.2. The summed E-state index contributed by atoms with van der Waals surface area (Å²) < 4.78 is 5.86. The van der Waals surface area contributed by atoms with Crippen LogP contribution in [-0.2, 0) is 0 Å². The number of urea groups is 1. The standard InChI is InChI=1S/C25H21N5O4S/c31-19-13-26-12-17(19)28-23(32)22-21-20-18(10-11-27-24(20)35-22)30(25(33)29-21)14-6-8-16(9-7-14)34-15-4-2-1-3-5-15/h1-11,17,19,26,31H,12-13H2,(H,28,32)(H,29,33)/t17?,19-/m0/s1. The number of carbonyl (C=O) groups excluding carboxylic acids is 2. The second-order valence-electron chi connectivity index (χ2n) is 8.30. The number of benzene rings is 2. The number of β-amino-alcohol motifs (C(OH)–C–C–N with tert-alkyl or cyclic N) is 1. The molecule has 2 atom stereocenters. The monoisotopic (exact) mass is 487 g/mol. The van der Waals surface area contributed by atoms with E-state index in [0.29, 0.717) is 51.0 Å². The fourth-order valence-electron chi connectivity index (χ4n) is 4.33. The van der Waals surface area contributed by atoms with Gasteiger partial charge in [0, 0.05) is 19.3 Å². The normalized spacial score (nSPS) is 19.0. The number of pyridine rings is 1. The van der Waals surface area contributed by atoms with Gasteiger partial charge in [-0.3, -0.25) is 9.69 Å². The third-order valence-corrected chi connectivity index (χ3v) is 7.12. The van der Waals surface area contributed by atoms with Gasteiger partial charge in [-0.2, -0.15) is 0 Å². The van der Waals surface area contributed by atoms with E-state index < -0.39 is 6.10 Å². The number of hydrogen-bond donors (Lipinski definition) is 4. The Balaban J connectivity index is 1.32. The number of nitrogens with one attached hydrogen (secondary N) is 3. The minimum Gasteiger partial charge on any atom is -0.457 e. The predicted octanol–water partition coefficient (Wildman–Crippen LogP) is 3.83. The molecule has 4 aromatic rings. The number of amides is 3. The first kappa shape index (κ1) is 21.5. The number of hydrogen-bond acceptors (Lipinski definition) is 7. The van der Waals surface area contributed by atoms with Gasteiger partial charge in [0.15, 0.2) is 0 Å². The maximum Gasteiger partial charge on any atom is 0.331 e. The van der Waals surface area contributed by atoms with E-state index >= 15 is 0 Å². The Kier molecular flexibility index (Phi) is 5.33. The van der Waals surface area contributed by atoms with Crippen molar-refractivity contribution in [3.8, 4) is 11.5 Å². The molecular formula is C25H21N5O4S. The van der Waals surface area contributed by atoms with Crippen LogP contribution in [0.2, 0.25) is 0 Å². The summed E-state index contributed by atoms with van der Waals surface area (Å²) in [6, 6.07) is 17.7. The van der Waals surface area contributed by atoms with Crippen molar-refractivity contribution in [3.63, 3.8) is 0 Å². The van der Waals surface area contributed by atoms with Crippen LogP contribution in [0.15, 0.2) is 66.9 Å². The molecular weight excluding hydrogens is 466 g/mol. The van der Waals surface area contributed by atoms with Crippen molar-refractivity contribution in [3.05, 3.63) is 71.7 Å². The third kappa shape index (κ3) is 3.87. The third-order valence-electron chi connectivity index (χ3n) is 6.02. The summed E-state index contributed by atoms with van der Waals surface area (Å²) in [5.41, 5.74) is 1.73. The van der Waals surface area contributed by atoms with Gasteiger partial charge in [0.05, 0.1) is 34.6 Å². The molecule has 176 valence electrons. The van der Waals surface area contributed by atoms with Crippen LogP contribution in [0.1, 0.15) is 9.67 Å². The van der Waals surface area contributed by atoms with Crippen molar-refractivity contribution in [2.24, 2.45) is 0 Å². The van der Waals surface area contributed by atoms with Crippen molar-refractivity contribution >= 4 is 50.6 Å². The summed E-state index contributed by atoms with van der Waals surface area (Å²) in [6.07, 6.45) is 0.972. The summed E-state index contributed by atoms with van der Waals surface area (Å²) in [5, 5.41) is 19.5. The number of anilines is 3. The lowest BCUT2D eigenvalue weighted by atomic mass is 10.1. The van der Waals surface area contributed by atoms with Gasteiger partial charge in [-0.15, -0.1) is 11.3 Å². The summed E-state index contributed by atoms with van der Waals surface area (Å²) >= 11 is 1.21. The van der Waals surface area contributed by atoms with Crippen molar-refractivity contribution < 1.29 is 19.4 Å². The van der Waals surface area contributed by atoms with Gasteiger partial charge in [0.1, 0.15) is 21.2 Å². The zero-order valence-electron chi connectivity index (χ0n) is 18.4. The SMILES string of the molecule is O=C(NC1CNC[C@@H]1O)c1sc2nccc3c2c1NC(=O)N3c1ccc(Oc2ccccc2)cc1. The first-order valence-corrected chi connectivity index (χ1v) is 12.0. The molecule has 0 spiro atoms. The fourth-order valence-corrected chi connectivity index (χ4v) is 5.36. The number of thiophene rings is 1. The van der Waals surface area contributed by atoms with Gasteiger partial charge in [-0.1, -0.05) is 18.2 Å². The van der Waals surface area contributed by atoms with Crippen molar-refractivity contribution in [2.75, 3.05) is 23.3 Å². The maximum absolute atomic E-state index is 13.2. The van der Waals surface area contributed by atoms with Crippen molar-refractivity contribution in [1.82, 2.24) is 15.6 Å². The van der Waals surface area contributed by atoms with E-state index in [2.05, 4.69) is 20.9 Å². The van der Waals surface area contributed by atoms with E-state index in [1.807, 2.05) is 42.5 Å². The Bertz CT molecular complexity index is 1420. The predicted molar refractivity (Wildman–Crippen MR) is 134 cm³/mol. The molecule has 4 N–H and O–H groups in total. The minimum absolute atomic E-state index is 0.349. The molecule has 1 saturated heterocycles. The second kappa shape index (κ2) is 8.66. The molecule has 0 bridgehead atoms. The topological polar surface area (TPSA) is 116 Å². The van der Waals surface area contributed by atoms with Gasteiger partial charge < -0.3 is 25.8 Å². The molecule has 6 rings (SSSR count). The van der Waals surface area contributed by atoms with Crippen LogP contribution >= 0.6 is 11.3 Å². The average molecular weight is 488 g/mol. The lowest BCUT2D eigenvalue weighted by Gasteiger charge is -2.28. The van der Waals surface area contributed by atoms with Crippen molar-refractivity contribution in [1.29, 1.82) is 0 Å². The molecule has 0 aliphatic carbocycles. The Labute approximate surface area is 204 Å². The molecule has 4 heterocycles. The van der Waals surface area contributed by atoms with Crippen LogP contribution < -0.4 is 25.6 Å². The van der Waals surface area contributed by atoms with Gasteiger partial charge in [-0.05, 0) is 42.5 Å². The Hall–Kier alpha value is -3.99. The van der Waals surface area contributed by atoms with Gasteiger partial charge in [0.25, 0.3) is 5.91 Å². The summed E-state index contributed by atoms with van der Waals surface area (Å²) in [4.78, 5) is 33.2. The van der Waals surface area contributed by atoms with Crippen LogP contribution in [0, 0.1) is 0 Å². The molecule has 10 heteroatoms. The molecule has 2 aromatic heterocycles. The number of carbonyl (C=O) groups is 2. The zero-order chi connectivity index (χ0) is 23.9. The van der Waals surface area contributed by atoms with Crippen molar-refractivity contribution in [2.45, 2.75) is 12.1 Å². The van der Waals surface area contributed by atoms with E-state index in [4.69, 9.17) is 4.74 Å². The second-order valence-corrected chi connectivity index (χ2v) is 9.30. The molecule has 35 heavy (non-hydrogen) atoms. The highest BCUT2D eigenvalue weighted by Gasteiger charge is 2.34. The largest absolute Gasteiger partial charge is 0.457 e. The number of para-hydroxylation sites is 1. The Morgan fingerprint density at radius 1 is 1.09 bits per heavy atom. The van der Waals surface area contributed by atoms with Crippen LogP contribution in [0.5, 0.6) is 11.5 Å². The lowest BCUT2D eigenvalue weighted by Crippen LogP contribution is -2.43. The molecule has 0 saturated carbocycles. The first-order valence-electron chi connectivity index (χ1n) is 11.1. The van der Waals surface area contributed by atoms with E-state index in [1.165, 1.54) is 11.3 Å². The van der Waals surface area contributed by atoms with Crippen LogP contribution in [0.3, 0.4) is 0 Å².